The Labute approximate surface area is 138 Å². The molecule has 0 atom stereocenters. The zero-order valence-corrected chi connectivity index (χ0v) is 13.2. The highest BCUT2D eigenvalue weighted by atomic mass is 35.5. The molecule has 0 unspecified atom stereocenters. The number of hydrogen-bond acceptors (Lipinski definition) is 3. The summed E-state index contributed by atoms with van der Waals surface area (Å²) < 4.78 is 20.4. The summed E-state index contributed by atoms with van der Waals surface area (Å²) in [6.45, 7) is 1.42. The number of hydrogen-bond donors (Lipinski definition) is 0. The number of rotatable bonds is 4. The molecule has 1 saturated heterocycles. The fraction of sp³-hybridized carbons (Fsp3) is 0.375. The summed E-state index contributed by atoms with van der Waals surface area (Å²) in [5, 5.41) is 4.52. The molecular formula is C16H17ClFN3O2. The molecule has 1 fully saturated rings. The largest absolute Gasteiger partial charge is 0.490 e. The molecule has 1 aromatic carbocycles. The number of benzene rings is 1. The van der Waals surface area contributed by atoms with Gasteiger partial charge in [-0.05, 0) is 12.1 Å². The maximum absolute atomic E-state index is 13.1. The lowest BCUT2D eigenvalue weighted by Crippen LogP contribution is -2.43. The van der Waals surface area contributed by atoms with Crippen LogP contribution >= 0.6 is 11.6 Å². The van der Waals surface area contributed by atoms with E-state index in [1.54, 1.807) is 23.2 Å². The molecular weight excluding hydrogens is 321 g/mol. The predicted molar refractivity (Wildman–Crippen MR) is 83.9 cm³/mol. The molecule has 2 heterocycles. The number of piperidine rings is 1. The molecule has 1 amide bonds. The average molecular weight is 338 g/mol. The van der Waals surface area contributed by atoms with E-state index in [1.165, 1.54) is 23.0 Å². The molecule has 0 N–H and O–H groups in total. The van der Waals surface area contributed by atoms with Gasteiger partial charge in [0.1, 0.15) is 24.2 Å². The Kier molecular flexibility index (Phi) is 4.81. The highest BCUT2D eigenvalue weighted by Crippen LogP contribution is 2.20. The summed E-state index contributed by atoms with van der Waals surface area (Å²) in [7, 11) is 0. The molecule has 23 heavy (non-hydrogen) atoms. The van der Waals surface area contributed by atoms with Crippen LogP contribution in [0.2, 0.25) is 5.02 Å². The summed E-state index contributed by atoms with van der Waals surface area (Å²) in [6, 6.07) is 6.12. The zero-order chi connectivity index (χ0) is 16.2. The first kappa shape index (κ1) is 15.8. The molecule has 1 aliphatic rings. The molecule has 0 saturated carbocycles. The van der Waals surface area contributed by atoms with Crippen molar-refractivity contribution < 1.29 is 13.9 Å². The third kappa shape index (κ3) is 4.22. The van der Waals surface area contributed by atoms with E-state index in [9.17, 15) is 9.18 Å². The number of ether oxygens (including phenoxy) is 1. The normalized spacial score (nSPS) is 15.7. The van der Waals surface area contributed by atoms with E-state index in [2.05, 4.69) is 5.10 Å². The van der Waals surface area contributed by atoms with Crippen LogP contribution in [0.4, 0.5) is 4.39 Å². The Hall–Kier alpha value is -2.08. The summed E-state index contributed by atoms with van der Waals surface area (Å²) >= 11 is 5.79. The molecule has 0 spiro atoms. The first-order valence-electron chi connectivity index (χ1n) is 7.48. The van der Waals surface area contributed by atoms with Gasteiger partial charge in [0.05, 0.1) is 11.2 Å². The van der Waals surface area contributed by atoms with Crippen molar-refractivity contribution >= 4 is 17.5 Å². The molecule has 7 heteroatoms. The van der Waals surface area contributed by atoms with Crippen LogP contribution in [0, 0.1) is 5.82 Å². The van der Waals surface area contributed by atoms with Gasteiger partial charge in [0.15, 0.2) is 0 Å². The monoisotopic (exact) mass is 337 g/mol. The van der Waals surface area contributed by atoms with Crippen LogP contribution in [-0.4, -0.2) is 39.8 Å². The van der Waals surface area contributed by atoms with Crippen molar-refractivity contribution in [2.24, 2.45) is 0 Å². The Morgan fingerprint density at radius 1 is 1.39 bits per heavy atom. The van der Waals surface area contributed by atoms with Crippen LogP contribution in [0.15, 0.2) is 36.7 Å². The van der Waals surface area contributed by atoms with E-state index < -0.39 is 0 Å². The van der Waals surface area contributed by atoms with Gasteiger partial charge in [0.25, 0.3) is 0 Å². The molecule has 1 aromatic heterocycles. The quantitative estimate of drug-likeness (QED) is 0.862. The second kappa shape index (κ2) is 7.00. The third-order valence-electron chi connectivity index (χ3n) is 3.79. The highest BCUT2D eigenvalue weighted by molar-refractivity contribution is 6.30. The molecule has 1 aliphatic heterocycles. The fourth-order valence-corrected chi connectivity index (χ4v) is 2.78. The maximum Gasteiger partial charge on any atom is 0.244 e. The first-order valence-corrected chi connectivity index (χ1v) is 7.86. The number of carbonyl (C=O) groups is 1. The van der Waals surface area contributed by atoms with Crippen molar-refractivity contribution in [2.45, 2.75) is 25.5 Å². The minimum atomic E-state index is -0.312. The summed E-state index contributed by atoms with van der Waals surface area (Å²) in [5.41, 5.74) is 0. The van der Waals surface area contributed by atoms with Crippen molar-refractivity contribution in [2.75, 3.05) is 13.1 Å². The van der Waals surface area contributed by atoms with Crippen molar-refractivity contribution in [3.05, 3.63) is 47.5 Å². The van der Waals surface area contributed by atoms with Gasteiger partial charge < -0.3 is 9.64 Å². The molecule has 122 valence electrons. The summed E-state index contributed by atoms with van der Waals surface area (Å²) in [4.78, 5) is 14.0. The smallest absolute Gasteiger partial charge is 0.244 e. The molecule has 5 nitrogen and oxygen atoms in total. The van der Waals surface area contributed by atoms with Crippen molar-refractivity contribution in [3.8, 4) is 5.75 Å². The van der Waals surface area contributed by atoms with E-state index in [0.29, 0.717) is 23.9 Å². The lowest BCUT2D eigenvalue weighted by atomic mass is 10.1. The van der Waals surface area contributed by atoms with E-state index in [1.807, 2.05) is 0 Å². The third-order valence-corrected chi connectivity index (χ3v) is 3.99. The average Bonchev–Trinajstić information content (AvgIpc) is 2.93. The minimum Gasteiger partial charge on any atom is -0.490 e. The van der Waals surface area contributed by atoms with Gasteiger partial charge in [0.2, 0.25) is 5.91 Å². The van der Waals surface area contributed by atoms with E-state index >= 15 is 0 Å². The molecule has 0 radical (unpaired) electrons. The van der Waals surface area contributed by atoms with Gasteiger partial charge in [-0.2, -0.15) is 5.10 Å². The molecule has 3 rings (SSSR count). The van der Waals surface area contributed by atoms with Crippen LogP contribution in [-0.2, 0) is 11.3 Å². The molecule has 2 aromatic rings. The lowest BCUT2D eigenvalue weighted by Gasteiger charge is -2.32. The SMILES string of the molecule is O=C(Cn1cc(Cl)cn1)N1CCC(Oc2cccc(F)c2)CC1. The van der Waals surface area contributed by atoms with Gasteiger partial charge in [-0.25, -0.2) is 4.39 Å². The van der Waals surface area contributed by atoms with Crippen LogP contribution in [0.5, 0.6) is 5.75 Å². The summed E-state index contributed by atoms with van der Waals surface area (Å²) in [5.74, 6) is 0.225. The standard InChI is InChI=1S/C16H17ClFN3O2/c17-12-9-19-21(10-12)11-16(22)20-6-4-14(5-7-20)23-15-3-1-2-13(18)8-15/h1-3,8-10,14H,4-7,11H2. The van der Waals surface area contributed by atoms with Crippen LogP contribution in [0.1, 0.15) is 12.8 Å². The minimum absolute atomic E-state index is 0.00000205. The highest BCUT2D eigenvalue weighted by Gasteiger charge is 2.24. The Morgan fingerprint density at radius 2 is 2.17 bits per heavy atom. The van der Waals surface area contributed by atoms with Gasteiger partial charge >= 0.3 is 0 Å². The summed E-state index contributed by atoms with van der Waals surface area (Å²) in [6.07, 6.45) is 4.58. The lowest BCUT2D eigenvalue weighted by molar-refractivity contribution is -0.133. The van der Waals surface area contributed by atoms with E-state index in [4.69, 9.17) is 16.3 Å². The Morgan fingerprint density at radius 3 is 2.83 bits per heavy atom. The first-order chi connectivity index (χ1) is 11.1. The van der Waals surface area contributed by atoms with Gasteiger partial charge in [0, 0.05) is 38.2 Å². The van der Waals surface area contributed by atoms with Gasteiger partial charge in [-0.15, -0.1) is 0 Å². The molecule has 0 aliphatic carbocycles. The van der Waals surface area contributed by atoms with Crippen LogP contribution in [0.25, 0.3) is 0 Å². The number of carbonyl (C=O) groups excluding carboxylic acids is 1. The fourth-order valence-electron chi connectivity index (χ4n) is 2.62. The van der Waals surface area contributed by atoms with Crippen LogP contribution in [0.3, 0.4) is 0 Å². The van der Waals surface area contributed by atoms with Crippen molar-refractivity contribution in [3.63, 3.8) is 0 Å². The second-order valence-corrected chi connectivity index (χ2v) is 5.95. The number of nitrogens with zero attached hydrogens (tertiary/aromatic N) is 3. The van der Waals surface area contributed by atoms with E-state index in [0.717, 1.165) is 12.8 Å². The second-order valence-electron chi connectivity index (χ2n) is 5.51. The molecule has 0 bridgehead atoms. The Balaban J connectivity index is 1.49. The van der Waals surface area contributed by atoms with E-state index in [-0.39, 0.29) is 24.4 Å². The van der Waals surface area contributed by atoms with Crippen molar-refractivity contribution in [1.82, 2.24) is 14.7 Å². The van der Waals surface area contributed by atoms with Crippen molar-refractivity contribution in [1.29, 1.82) is 0 Å². The van der Waals surface area contributed by atoms with Gasteiger partial charge in [-0.1, -0.05) is 17.7 Å². The number of halogens is 2. The van der Waals surface area contributed by atoms with Gasteiger partial charge in [-0.3, -0.25) is 9.48 Å². The number of likely N-dealkylation sites (tertiary alicyclic amines) is 1. The maximum atomic E-state index is 13.1. The topological polar surface area (TPSA) is 47.4 Å². The number of amides is 1. The zero-order valence-electron chi connectivity index (χ0n) is 12.5. The Bertz CT molecular complexity index is 683. The number of aromatic nitrogens is 2. The predicted octanol–water partition coefficient (Wildman–Crippen LogP) is 2.75. The van der Waals surface area contributed by atoms with Crippen LogP contribution < -0.4 is 4.74 Å².